The van der Waals surface area contributed by atoms with Gasteiger partial charge in [0.25, 0.3) is 0 Å². The van der Waals surface area contributed by atoms with Gasteiger partial charge in [-0.15, -0.1) is 0 Å². The summed E-state index contributed by atoms with van der Waals surface area (Å²) in [6, 6.07) is 26.7. The maximum atomic E-state index is 13.2. The molecule has 3 saturated heterocycles. The van der Waals surface area contributed by atoms with E-state index in [-0.39, 0.29) is 18.5 Å². The molecule has 3 fully saturated rings. The lowest BCUT2D eigenvalue weighted by Gasteiger charge is -2.49. The fourth-order valence-corrected chi connectivity index (χ4v) is 5.41. The van der Waals surface area contributed by atoms with Crippen molar-refractivity contribution >= 4 is 5.71 Å². The van der Waals surface area contributed by atoms with Crippen molar-refractivity contribution in [1.82, 2.24) is 4.90 Å². The Balaban J connectivity index is 1.53. The van der Waals surface area contributed by atoms with Crippen LogP contribution in [-0.4, -0.2) is 29.7 Å². The van der Waals surface area contributed by atoms with Gasteiger partial charge in [0.2, 0.25) is 0 Å². The van der Waals surface area contributed by atoms with Crippen molar-refractivity contribution in [2.24, 2.45) is 10.9 Å². The van der Waals surface area contributed by atoms with E-state index in [1.54, 1.807) is 6.07 Å². The van der Waals surface area contributed by atoms with Crippen molar-refractivity contribution in [1.29, 1.82) is 0 Å². The molecule has 3 aliphatic heterocycles. The number of nitrogens with zero attached hydrogens (tertiary/aromatic N) is 2. The molecule has 3 aromatic carbocycles. The van der Waals surface area contributed by atoms with Crippen molar-refractivity contribution in [3.63, 3.8) is 0 Å². The third-order valence-corrected chi connectivity index (χ3v) is 6.98. The van der Waals surface area contributed by atoms with E-state index in [0.717, 1.165) is 37.7 Å². The Bertz CT molecular complexity index is 1060. The highest BCUT2D eigenvalue weighted by atomic mass is 19.4. The first-order valence-corrected chi connectivity index (χ1v) is 11.5. The molecule has 2 bridgehead atoms. The van der Waals surface area contributed by atoms with Crippen molar-refractivity contribution in [3.8, 4) is 0 Å². The van der Waals surface area contributed by atoms with E-state index in [1.807, 2.05) is 12.1 Å². The molecule has 0 aliphatic carbocycles. The van der Waals surface area contributed by atoms with E-state index < -0.39 is 11.7 Å². The summed E-state index contributed by atoms with van der Waals surface area (Å²) in [5, 5.41) is 0. The highest BCUT2D eigenvalue weighted by Crippen LogP contribution is 2.40. The van der Waals surface area contributed by atoms with Gasteiger partial charge in [-0.3, -0.25) is 9.89 Å². The maximum Gasteiger partial charge on any atom is 0.416 e. The summed E-state index contributed by atoms with van der Waals surface area (Å²) in [6.07, 6.45) is -2.21. The van der Waals surface area contributed by atoms with Gasteiger partial charge < -0.3 is 0 Å². The van der Waals surface area contributed by atoms with Gasteiger partial charge in [-0.05, 0) is 54.8 Å². The predicted octanol–water partition coefficient (Wildman–Crippen LogP) is 6.57. The molecule has 0 amide bonds. The molecule has 0 spiro atoms. The van der Waals surface area contributed by atoms with Crippen LogP contribution in [0.3, 0.4) is 0 Å². The lowest BCUT2D eigenvalue weighted by molar-refractivity contribution is -0.137. The highest BCUT2D eigenvalue weighted by molar-refractivity contribution is 5.94. The lowest BCUT2D eigenvalue weighted by Crippen LogP contribution is -2.58. The number of hydrogen-bond acceptors (Lipinski definition) is 2. The summed E-state index contributed by atoms with van der Waals surface area (Å²) in [6.45, 7) is 2.35. The average Bonchev–Trinajstić information content (AvgIpc) is 2.85. The highest BCUT2D eigenvalue weighted by Gasteiger charge is 2.43. The fourth-order valence-electron chi connectivity index (χ4n) is 5.41. The van der Waals surface area contributed by atoms with Crippen LogP contribution in [0, 0.1) is 5.92 Å². The summed E-state index contributed by atoms with van der Waals surface area (Å²) in [4.78, 5) is 7.54. The van der Waals surface area contributed by atoms with Gasteiger partial charge in [0.15, 0.2) is 0 Å². The normalized spacial score (nSPS) is 23.9. The molecule has 0 saturated carbocycles. The first-order chi connectivity index (χ1) is 16.0. The summed E-state index contributed by atoms with van der Waals surface area (Å²) >= 11 is 0. The molecule has 3 aromatic rings. The minimum Gasteiger partial charge on any atom is -0.294 e. The third-order valence-electron chi connectivity index (χ3n) is 6.98. The molecule has 170 valence electrons. The molecular weight excluding hydrogens is 421 g/mol. The Morgan fingerprint density at radius 2 is 1.42 bits per heavy atom. The lowest BCUT2D eigenvalue weighted by atomic mass is 9.72. The van der Waals surface area contributed by atoms with E-state index in [4.69, 9.17) is 4.99 Å². The number of piperidine rings is 3. The number of benzene rings is 3. The number of rotatable bonds is 5. The van der Waals surface area contributed by atoms with Gasteiger partial charge in [0.05, 0.1) is 18.2 Å². The molecule has 0 N–H and O–H groups in total. The molecule has 1 atom stereocenters. The van der Waals surface area contributed by atoms with E-state index in [1.165, 1.54) is 23.3 Å². The van der Waals surface area contributed by atoms with Crippen LogP contribution in [-0.2, 0) is 12.7 Å². The Labute approximate surface area is 192 Å². The Morgan fingerprint density at radius 3 is 2.00 bits per heavy atom. The summed E-state index contributed by atoms with van der Waals surface area (Å²) < 4.78 is 39.6. The Kier molecular flexibility index (Phi) is 6.07. The molecular formula is C28H27F3N2. The Morgan fingerprint density at radius 1 is 0.818 bits per heavy atom. The zero-order valence-corrected chi connectivity index (χ0v) is 18.4. The van der Waals surface area contributed by atoms with Crippen LogP contribution in [0.25, 0.3) is 0 Å². The molecule has 2 nitrogen and oxygen atoms in total. The van der Waals surface area contributed by atoms with Crippen LogP contribution < -0.4 is 0 Å². The molecule has 3 heterocycles. The summed E-state index contributed by atoms with van der Waals surface area (Å²) in [5.41, 5.74) is 3.62. The number of hydrogen-bond donors (Lipinski definition) is 0. The molecule has 33 heavy (non-hydrogen) atoms. The second kappa shape index (κ2) is 9.14. The van der Waals surface area contributed by atoms with Gasteiger partial charge >= 0.3 is 6.18 Å². The van der Waals surface area contributed by atoms with Crippen molar-refractivity contribution in [3.05, 3.63) is 107 Å². The van der Waals surface area contributed by atoms with Gasteiger partial charge in [-0.25, -0.2) is 0 Å². The summed E-state index contributed by atoms with van der Waals surface area (Å²) in [5.74, 6) is 0.525. The SMILES string of the molecule is FC(F)(F)c1cccc(C/N=C2\C3CCN(CC3)C2C(c2ccccc2)c2ccccc2)c1. The van der Waals surface area contributed by atoms with E-state index in [2.05, 4.69) is 53.4 Å². The van der Waals surface area contributed by atoms with Crippen LogP contribution in [0.4, 0.5) is 13.2 Å². The largest absolute Gasteiger partial charge is 0.416 e. The second-order valence-corrected chi connectivity index (χ2v) is 8.99. The molecule has 3 aliphatic rings. The monoisotopic (exact) mass is 448 g/mol. The van der Waals surface area contributed by atoms with E-state index in [9.17, 15) is 13.2 Å². The number of halogens is 3. The van der Waals surface area contributed by atoms with Gasteiger partial charge in [-0.2, -0.15) is 13.2 Å². The smallest absolute Gasteiger partial charge is 0.294 e. The first-order valence-electron chi connectivity index (χ1n) is 11.5. The van der Waals surface area contributed by atoms with Gasteiger partial charge in [0, 0.05) is 17.5 Å². The van der Waals surface area contributed by atoms with Gasteiger partial charge in [0.1, 0.15) is 0 Å². The maximum absolute atomic E-state index is 13.2. The minimum atomic E-state index is -4.34. The number of fused-ring (bicyclic) bond motifs is 3. The van der Waals surface area contributed by atoms with Crippen molar-refractivity contribution in [2.45, 2.75) is 37.5 Å². The van der Waals surface area contributed by atoms with E-state index in [0.29, 0.717) is 11.5 Å². The standard InChI is InChI=1S/C28H27F3N2/c29-28(30,31)24-13-7-8-20(18-24)19-32-26-23-14-16-33(17-15-23)27(26)25(21-9-3-1-4-10-21)22-11-5-2-6-12-22/h1-13,18,23,25,27H,14-17,19H2/b32-26+. The summed E-state index contributed by atoms with van der Waals surface area (Å²) in [7, 11) is 0. The van der Waals surface area contributed by atoms with Crippen molar-refractivity contribution in [2.75, 3.05) is 13.1 Å². The zero-order chi connectivity index (χ0) is 22.8. The second-order valence-electron chi connectivity index (χ2n) is 8.99. The first kappa shape index (κ1) is 21.9. The molecule has 0 radical (unpaired) electrons. The minimum absolute atomic E-state index is 0.119. The third kappa shape index (κ3) is 4.60. The zero-order valence-electron chi connectivity index (χ0n) is 18.4. The fraction of sp³-hybridized carbons (Fsp3) is 0.321. The molecule has 1 unspecified atom stereocenters. The van der Waals surface area contributed by atoms with Crippen LogP contribution in [0.1, 0.15) is 41.0 Å². The predicted molar refractivity (Wildman–Crippen MR) is 125 cm³/mol. The van der Waals surface area contributed by atoms with Crippen LogP contribution in [0.2, 0.25) is 0 Å². The van der Waals surface area contributed by atoms with E-state index >= 15 is 0 Å². The van der Waals surface area contributed by atoms with Crippen LogP contribution in [0.15, 0.2) is 89.9 Å². The molecule has 5 heteroatoms. The number of alkyl halides is 3. The average molecular weight is 449 g/mol. The molecule has 6 rings (SSSR count). The molecule has 0 aromatic heterocycles. The van der Waals surface area contributed by atoms with Crippen LogP contribution >= 0.6 is 0 Å². The van der Waals surface area contributed by atoms with Crippen LogP contribution in [0.5, 0.6) is 0 Å². The topological polar surface area (TPSA) is 15.6 Å². The number of aliphatic imine (C=N–C) groups is 1. The quantitative estimate of drug-likeness (QED) is 0.431. The van der Waals surface area contributed by atoms with Crippen molar-refractivity contribution < 1.29 is 13.2 Å². The van der Waals surface area contributed by atoms with Gasteiger partial charge in [-0.1, -0.05) is 72.8 Å². The Hall–Kier alpha value is -2.92.